The van der Waals surface area contributed by atoms with E-state index < -0.39 is 0 Å². The summed E-state index contributed by atoms with van der Waals surface area (Å²) in [5.41, 5.74) is 8.17. The van der Waals surface area contributed by atoms with E-state index in [1.54, 1.807) is 0 Å². The number of aromatic amines is 1. The fourth-order valence-corrected chi connectivity index (χ4v) is 1.87. The van der Waals surface area contributed by atoms with Crippen molar-refractivity contribution in [2.75, 3.05) is 6.61 Å². The normalized spacial score (nSPS) is 12.6. The topological polar surface area (TPSA) is 68.1 Å². The van der Waals surface area contributed by atoms with Crippen LogP contribution in [0.25, 0.3) is 10.9 Å². The summed E-state index contributed by atoms with van der Waals surface area (Å²) in [5, 5.41) is 1.17. The first-order valence-electron chi connectivity index (χ1n) is 5.61. The molecule has 0 saturated carbocycles. The quantitative estimate of drug-likeness (QED) is 0.787. The molecule has 4 nitrogen and oxygen atoms in total. The molecule has 1 atom stereocenters. The average molecular weight is 232 g/mol. The van der Waals surface area contributed by atoms with Gasteiger partial charge >= 0.3 is 5.97 Å². The fourth-order valence-electron chi connectivity index (χ4n) is 1.87. The minimum absolute atomic E-state index is 0.168. The van der Waals surface area contributed by atoms with E-state index in [1.165, 1.54) is 12.3 Å². The highest BCUT2D eigenvalue weighted by Gasteiger charge is 2.09. The average Bonchev–Trinajstić information content (AvgIpc) is 2.70. The van der Waals surface area contributed by atoms with Gasteiger partial charge in [-0.1, -0.05) is 18.2 Å². The van der Waals surface area contributed by atoms with Gasteiger partial charge in [-0.25, -0.2) is 0 Å². The summed E-state index contributed by atoms with van der Waals surface area (Å²) in [6.45, 7) is 1.65. The number of hydrogen-bond donors (Lipinski definition) is 2. The van der Waals surface area contributed by atoms with Crippen molar-refractivity contribution in [3.05, 3.63) is 36.0 Å². The minimum Gasteiger partial charge on any atom is -0.464 e. The molecule has 0 fully saturated rings. The number of nitrogens with two attached hydrogens (primary N) is 1. The van der Waals surface area contributed by atoms with Gasteiger partial charge in [-0.15, -0.1) is 0 Å². The van der Waals surface area contributed by atoms with Gasteiger partial charge in [0.05, 0.1) is 0 Å². The van der Waals surface area contributed by atoms with E-state index in [1.807, 2.05) is 24.4 Å². The lowest BCUT2D eigenvalue weighted by Gasteiger charge is -2.10. The van der Waals surface area contributed by atoms with Gasteiger partial charge < -0.3 is 15.5 Å². The fraction of sp³-hybridized carbons (Fsp3) is 0.308. The van der Waals surface area contributed by atoms with Gasteiger partial charge in [-0.05, 0) is 18.1 Å². The molecule has 4 heteroatoms. The zero-order valence-corrected chi connectivity index (χ0v) is 9.77. The second-order valence-electron chi connectivity index (χ2n) is 4.13. The predicted molar refractivity (Wildman–Crippen MR) is 66.6 cm³/mol. The molecule has 1 aromatic carbocycles. The Kier molecular flexibility index (Phi) is 3.44. The molecule has 1 unspecified atom stereocenters. The lowest BCUT2D eigenvalue weighted by atomic mass is 10.1. The number of esters is 1. The smallest absolute Gasteiger partial charge is 0.302 e. The molecule has 0 aliphatic carbocycles. The summed E-state index contributed by atoms with van der Waals surface area (Å²) in [6, 6.07) is 7.90. The third-order valence-electron chi connectivity index (χ3n) is 2.66. The number of rotatable bonds is 4. The number of carbonyl (C=O) groups is 1. The van der Waals surface area contributed by atoms with Gasteiger partial charge in [0.25, 0.3) is 0 Å². The molecule has 2 aromatic rings. The van der Waals surface area contributed by atoms with Crippen LogP contribution in [0.3, 0.4) is 0 Å². The van der Waals surface area contributed by atoms with Gasteiger partial charge in [0.2, 0.25) is 0 Å². The van der Waals surface area contributed by atoms with Crippen LogP contribution in [0.5, 0.6) is 0 Å². The van der Waals surface area contributed by atoms with E-state index in [0.717, 1.165) is 11.1 Å². The standard InChI is InChI=1S/C13H16N2O2/c1-9(16)17-8-11(14)6-10-7-15-13-5-3-2-4-12(10)13/h2-5,7,11,15H,6,8,14H2,1H3. The number of ether oxygens (including phenoxy) is 1. The predicted octanol–water partition coefficient (Wildman–Crippen LogP) is 1.60. The van der Waals surface area contributed by atoms with Crippen LogP contribution >= 0.6 is 0 Å². The molecule has 0 saturated heterocycles. The number of nitrogens with one attached hydrogen (secondary N) is 1. The monoisotopic (exact) mass is 232 g/mol. The molecule has 3 N–H and O–H groups in total. The highest BCUT2D eigenvalue weighted by atomic mass is 16.5. The van der Waals surface area contributed by atoms with Crippen molar-refractivity contribution in [3.63, 3.8) is 0 Å². The first kappa shape index (κ1) is 11.7. The molecular weight excluding hydrogens is 216 g/mol. The van der Waals surface area contributed by atoms with E-state index in [-0.39, 0.29) is 18.6 Å². The number of carbonyl (C=O) groups excluding carboxylic acids is 1. The van der Waals surface area contributed by atoms with Crippen LogP contribution in [0.1, 0.15) is 12.5 Å². The number of fused-ring (bicyclic) bond motifs is 1. The molecule has 0 bridgehead atoms. The number of benzene rings is 1. The Hall–Kier alpha value is -1.81. The zero-order valence-electron chi connectivity index (χ0n) is 9.77. The van der Waals surface area contributed by atoms with Crippen molar-refractivity contribution in [3.8, 4) is 0 Å². The molecule has 0 radical (unpaired) electrons. The summed E-state index contributed by atoms with van der Waals surface area (Å²) >= 11 is 0. The number of hydrogen-bond acceptors (Lipinski definition) is 3. The van der Waals surface area contributed by atoms with Gasteiger partial charge in [0.1, 0.15) is 6.61 Å². The van der Waals surface area contributed by atoms with Crippen LogP contribution in [-0.4, -0.2) is 23.6 Å². The lowest BCUT2D eigenvalue weighted by Crippen LogP contribution is -2.29. The second-order valence-corrected chi connectivity index (χ2v) is 4.13. The van der Waals surface area contributed by atoms with Gasteiger partial charge in [0.15, 0.2) is 0 Å². The van der Waals surface area contributed by atoms with Crippen LogP contribution in [0.4, 0.5) is 0 Å². The van der Waals surface area contributed by atoms with Crippen molar-refractivity contribution in [2.24, 2.45) is 5.73 Å². The first-order chi connectivity index (χ1) is 8.16. The Bertz CT molecular complexity index is 519. The lowest BCUT2D eigenvalue weighted by molar-refractivity contribution is -0.141. The van der Waals surface area contributed by atoms with Crippen molar-refractivity contribution >= 4 is 16.9 Å². The Labute approximate surface area is 99.8 Å². The highest BCUT2D eigenvalue weighted by Crippen LogP contribution is 2.18. The highest BCUT2D eigenvalue weighted by molar-refractivity contribution is 5.83. The molecule has 0 aliphatic rings. The van der Waals surface area contributed by atoms with Crippen LogP contribution in [0.2, 0.25) is 0 Å². The molecule has 2 rings (SSSR count). The van der Waals surface area contributed by atoms with Crippen LogP contribution in [0, 0.1) is 0 Å². The maximum atomic E-state index is 10.7. The third kappa shape index (κ3) is 2.85. The molecule has 0 spiro atoms. The molecular formula is C13H16N2O2. The molecule has 0 amide bonds. The van der Waals surface area contributed by atoms with E-state index in [0.29, 0.717) is 6.42 Å². The summed E-state index contributed by atoms with van der Waals surface area (Å²) in [5.74, 6) is -0.292. The van der Waals surface area contributed by atoms with E-state index in [2.05, 4.69) is 11.1 Å². The van der Waals surface area contributed by atoms with Crippen LogP contribution in [0.15, 0.2) is 30.5 Å². The maximum absolute atomic E-state index is 10.7. The van der Waals surface area contributed by atoms with Crippen LogP contribution in [-0.2, 0) is 16.0 Å². The maximum Gasteiger partial charge on any atom is 0.302 e. The second kappa shape index (κ2) is 5.01. The molecule has 17 heavy (non-hydrogen) atoms. The SMILES string of the molecule is CC(=O)OCC(N)Cc1c[nH]c2ccccc12. The molecule has 90 valence electrons. The zero-order chi connectivity index (χ0) is 12.3. The Morgan fingerprint density at radius 3 is 3.00 bits per heavy atom. The summed E-state index contributed by atoms with van der Waals surface area (Å²) in [6.07, 6.45) is 2.65. The summed E-state index contributed by atoms with van der Waals surface area (Å²) in [7, 11) is 0. The van der Waals surface area contributed by atoms with Gasteiger partial charge in [-0.3, -0.25) is 4.79 Å². The summed E-state index contributed by atoms with van der Waals surface area (Å²) in [4.78, 5) is 13.9. The number of H-pyrrole nitrogens is 1. The summed E-state index contributed by atoms with van der Waals surface area (Å²) < 4.78 is 4.89. The van der Waals surface area contributed by atoms with Gasteiger partial charge in [0, 0.05) is 30.1 Å². The first-order valence-corrected chi connectivity index (χ1v) is 5.61. The Morgan fingerprint density at radius 1 is 1.47 bits per heavy atom. The Morgan fingerprint density at radius 2 is 2.24 bits per heavy atom. The number of aromatic nitrogens is 1. The van der Waals surface area contributed by atoms with Crippen molar-refractivity contribution in [2.45, 2.75) is 19.4 Å². The minimum atomic E-state index is -0.292. The molecule has 0 aliphatic heterocycles. The molecule has 1 aromatic heterocycles. The van der Waals surface area contributed by atoms with E-state index >= 15 is 0 Å². The van der Waals surface area contributed by atoms with Crippen LogP contribution < -0.4 is 5.73 Å². The van der Waals surface area contributed by atoms with E-state index in [9.17, 15) is 4.79 Å². The van der Waals surface area contributed by atoms with Crippen molar-refractivity contribution in [1.82, 2.24) is 4.98 Å². The largest absolute Gasteiger partial charge is 0.464 e. The number of para-hydroxylation sites is 1. The molecule has 1 heterocycles. The van der Waals surface area contributed by atoms with Gasteiger partial charge in [-0.2, -0.15) is 0 Å². The van der Waals surface area contributed by atoms with Crippen molar-refractivity contribution < 1.29 is 9.53 Å². The third-order valence-corrected chi connectivity index (χ3v) is 2.66. The van der Waals surface area contributed by atoms with Crippen molar-refractivity contribution in [1.29, 1.82) is 0 Å². The van der Waals surface area contributed by atoms with E-state index in [4.69, 9.17) is 10.5 Å². The Balaban J connectivity index is 2.05.